The number of rotatable bonds is 12. The molecule has 0 radical (unpaired) electrons. The molecule has 0 aromatic heterocycles. The maximum absolute atomic E-state index is 13.2. The Bertz CT molecular complexity index is 947. The lowest BCUT2D eigenvalue weighted by molar-refractivity contribution is 0.223. The van der Waals surface area contributed by atoms with Crippen LogP contribution in [-0.2, 0) is 0 Å². The minimum absolute atomic E-state index is 0.322. The van der Waals surface area contributed by atoms with Crippen LogP contribution in [0.1, 0.15) is 43.4 Å². The minimum Gasteiger partial charge on any atom is -0.492 e. The summed E-state index contributed by atoms with van der Waals surface area (Å²) in [6.07, 6.45) is 1.19. The molecule has 0 amide bonds. The third kappa shape index (κ3) is 6.54. The Balaban J connectivity index is 1.95. The molecule has 0 saturated heterocycles. The van der Waals surface area contributed by atoms with Gasteiger partial charge in [-0.25, -0.2) is 0 Å². The molecule has 0 atom stereocenters. The maximum atomic E-state index is 13.2. The summed E-state index contributed by atoms with van der Waals surface area (Å²) in [6.45, 7) is 7.68. The normalized spacial score (nSPS) is 12.0. The van der Waals surface area contributed by atoms with E-state index in [1.165, 1.54) is 5.57 Å². The standard InChI is InChI=1S/C29H34FNO/c1-3-31(4-2)22-23-32-27-19-17-26(18-20-27)29(25-14-9-6-10-15-25)28(16-11-21-30)24-12-7-5-8-13-24/h5-10,12-15,17-20H,3-4,11,16,21-23H2,1-2H3/b29-28-. The van der Waals surface area contributed by atoms with Crippen molar-refractivity contribution >= 4 is 11.1 Å². The zero-order valence-corrected chi connectivity index (χ0v) is 19.3. The average molecular weight is 432 g/mol. The van der Waals surface area contributed by atoms with Gasteiger partial charge in [0.1, 0.15) is 12.4 Å². The Morgan fingerprint density at radius 3 is 1.88 bits per heavy atom. The lowest BCUT2D eigenvalue weighted by Crippen LogP contribution is -2.27. The summed E-state index contributed by atoms with van der Waals surface area (Å²) < 4.78 is 19.2. The summed E-state index contributed by atoms with van der Waals surface area (Å²) in [5.74, 6) is 0.873. The zero-order valence-electron chi connectivity index (χ0n) is 19.3. The summed E-state index contributed by atoms with van der Waals surface area (Å²) >= 11 is 0. The van der Waals surface area contributed by atoms with Gasteiger partial charge < -0.3 is 9.64 Å². The molecule has 32 heavy (non-hydrogen) atoms. The van der Waals surface area contributed by atoms with Crippen molar-refractivity contribution < 1.29 is 9.13 Å². The van der Waals surface area contributed by atoms with E-state index in [1.807, 2.05) is 36.4 Å². The first-order valence-corrected chi connectivity index (χ1v) is 11.6. The average Bonchev–Trinajstić information content (AvgIpc) is 2.86. The topological polar surface area (TPSA) is 12.5 Å². The van der Waals surface area contributed by atoms with Crippen LogP contribution in [0.15, 0.2) is 84.9 Å². The van der Waals surface area contributed by atoms with Crippen LogP contribution < -0.4 is 4.74 Å². The first-order chi connectivity index (χ1) is 15.8. The summed E-state index contributed by atoms with van der Waals surface area (Å²) in [5.41, 5.74) is 5.72. The number of hydrogen-bond acceptors (Lipinski definition) is 2. The number of benzene rings is 3. The third-order valence-electron chi connectivity index (χ3n) is 5.76. The van der Waals surface area contributed by atoms with Crippen molar-refractivity contribution in [1.29, 1.82) is 0 Å². The van der Waals surface area contributed by atoms with Crippen molar-refractivity contribution in [2.24, 2.45) is 0 Å². The fourth-order valence-electron chi connectivity index (χ4n) is 3.97. The van der Waals surface area contributed by atoms with E-state index in [4.69, 9.17) is 4.74 Å². The Morgan fingerprint density at radius 1 is 0.750 bits per heavy atom. The molecule has 0 unspecified atom stereocenters. The van der Waals surface area contributed by atoms with Crippen molar-refractivity contribution in [2.45, 2.75) is 26.7 Å². The largest absolute Gasteiger partial charge is 0.492 e. The van der Waals surface area contributed by atoms with E-state index in [-0.39, 0.29) is 6.67 Å². The van der Waals surface area contributed by atoms with Crippen LogP contribution in [0, 0.1) is 0 Å². The number of alkyl halides is 1. The van der Waals surface area contributed by atoms with Crippen LogP contribution in [0.4, 0.5) is 4.39 Å². The Hall–Kier alpha value is -2.91. The van der Waals surface area contributed by atoms with Gasteiger partial charge in [-0.1, -0.05) is 86.6 Å². The first kappa shape index (κ1) is 23.7. The maximum Gasteiger partial charge on any atom is 0.119 e. The molecule has 2 nitrogen and oxygen atoms in total. The molecule has 3 aromatic rings. The summed E-state index contributed by atoms with van der Waals surface area (Å²) in [4.78, 5) is 2.35. The van der Waals surface area contributed by atoms with E-state index in [0.29, 0.717) is 19.4 Å². The van der Waals surface area contributed by atoms with Crippen molar-refractivity contribution in [3.63, 3.8) is 0 Å². The molecule has 0 aliphatic rings. The van der Waals surface area contributed by atoms with Gasteiger partial charge in [0, 0.05) is 6.54 Å². The molecule has 0 aliphatic heterocycles. The van der Waals surface area contributed by atoms with Crippen molar-refractivity contribution in [2.75, 3.05) is 32.9 Å². The molecule has 0 fully saturated rings. The zero-order chi connectivity index (χ0) is 22.6. The van der Waals surface area contributed by atoms with Crippen LogP contribution in [0.5, 0.6) is 5.75 Å². The molecule has 168 valence electrons. The van der Waals surface area contributed by atoms with Gasteiger partial charge in [-0.3, -0.25) is 4.39 Å². The monoisotopic (exact) mass is 431 g/mol. The van der Waals surface area contributed by atoms with Gasteiger partial charge >= 0.3 is 0 Å². The quantitative estimate of drug-likeness (QED) is 0.283. The van der Waals surface area contributed by atoms with E-state index in [9.17, 15) is 4.39 Å². The van der Waals surface area contributed by atoms with Gasteiger partial charge in [-0.05, 0) is 65.9 Å². The van der Waals surface area contributed by atoms with Gasteiger partial charge in [-0.2, -0.15) is 0 Å². The number of likely N-dealkylation sites (N-methyl/N-ethyl adjacent to an activating group) is 1. The Kier molecular flexibility index (Phi) is 9.52. The van der Waals surface area contributed by atoms with E-state index in [1.54, 1.807) is 0 Å². The van der Waals surface area contributed by atoms with E-state index in [2.05, 4.69) is 67.3 Å². The van der Waals surface area contributed by atoms with Gasteiger partial charge in [-0.15, -0.1) is 0 Å². The Labute approximate surface area is 192 Å². The summed E-state index contributed by atoms with van der Waals surface area (Å²) in [5, 5.41) is 0. The first-order valence-electron chi connectivity index (χ1n) is 11.6. The van der Waals surface area contributed by atoms with Gasteiger partial charge in [0.25, 0.3) is 0 Å². The second-order valence-electron chi connectivity index (χ2n) is 7.78. The molecule has 3 rings (SSSR count). The fraction of sp³-hybridized carbons (Fsp3) is 0.310. The number of hydrogen-bond donors (Lipinski definition) is 0. The highest BCUT2D eigenvalue weighted by atomic mass is 19.1. The SMILES string of the molecule is CCN(CC)CCOc1ccc(/C(=C(/CCCF)c2ccccc2)c2ccccc2)cc1. The molecule has 0 N–H and O–H groups in total. The molecule has 0 spiro atoms. The lowest BCUT2D eigenvalue weighted by Gasteiger charge is -2.19. The number of allylic oxidation sites excluding steroid dienone is 1. The van der Waals surface area contributed by atoms with E-state index in [0.717, 1.165) is 47.6 Å². The van der Waals surface area contributed by atoms with Crippen molar-refractivity contribution in [3.05, 3.63) is 102 Å². The number of halogens is 1. The summed E-state index contributed by atoms with van der Waals surface area (Å²) in [6, 6.07) is 29.0. The molecule has 0 aliphatic carbocycles. The van der Waals surface area contributed by atoms with Crippen LogP contribution >= 0.6 is 0 Å². The van der Waals surface area contributed by atoms with E-state index < -0.39 is 0 Å². The van der Waals surface area contributed by atoms with Gasteiger partial charge in [0.2, 0.25) is 0 Å². The molecular weight excluding hydrogens is 397 g/mol. The molecule has 0 bridgehead atoms. The predicted molar refractivity (Wildman–Crippen MR) is 134 cm³/mol. The number of ether oxygens (including phenoxy) is 1. The summed E-state index contributed by atoms with van der Waals surface area (Å²) in [7, 11) is 0. The second kappa shape index (κ2) is 12.8. The molecule has 3 aromatic carbocycles. The van der Waals surface area contributed by atoms with Crippen LogP contribution in [-0.4, -0.2) is 37.8 Å². The van der Waals surface area contributed by atoms with E-state index >= 15 is 0 Å². The highest BCUT2D eigenvalue weighted by molar-refractivity contribution is 5.98. The fourth-order valence-corrected chi connectivity index (χ4v) is 3.97. The predicted octanol–water partition coefficient (Wildman–Crippen LogP) is 7.12. The van der Waals surface area contributed by atoms with Crippen LogP contribution in [0.3, 0.4) is 0 Å². The van der Waals surface area contributed by atoms with Gasteiger partial charge in [0.15, 0.2) is 0 Å². The molecule has 3 heteroatoms. The van der Waals surface area contributed by atoms with Crippen LogP contribution in [0.25, 0.3) is 11.1 Å². The highest BCUT2D eigenvalue weighted by Gasteiger charge is 2.14. The second-order valence-corrected chi connectivity index (χ2v) is 7.78. The molecule has 0 saturated carbocycles. The Morgan fingerprint density at radius 2 is 1.31 bits per heavy atom. The smallest absolute Gasteiger partial charge is 0.119 e. The van der Waals surface area contributed by atoms with Crippen LogP contribution in [0.2, 0.25) is 0 Å². The highest BCUT2D eigenvalue weighted by Crippen LogP contribution is 2.35. The minimum atomic E-state index is -0.322. The number of nitrogens with zero attached hydrogens (tertiary/aromatic N) is 1. The van der Waals surface area contributed by atoms with Crippen molar-refractivity contribution in [3.8, 4) is 5.75 Å². The lowest BCUT2D eigenvalue weighted by atomic mass is 9.87. The van der Waals surface area contributed by atoms with Gasteiger partial charge in [0.05, 0.1) is 6.67 Å². The van der Waals surface area contributed by atoms with Crippen molar-refractivity contribution in [1.82, 2.24) is 4.90 Å². The molecule has 0 heterocycles. The third-order valence-corrected chi connectivity index (χ3v) is 5.76. The molecular formula is C29H34FNO.